The van der Waals surface area contributed by atoms with Crippen molar-refractivity contribution < 1.29 is 4.42 Å². The lowest BCUT2D eigenvalue weighted by Gasteiger charge is -2.30. The lowest BCUT2D eigenvalue weighted by atomic mass is 9.85. The van der Waals surface area contributed by atoms with E-state index in [1.54, 1.807) is 0 Å². The van der Waals surface area contributed by atoms with Gasteiger partial charge in [-0.05, 0) is 24.8 Å². The normalized spacial score (nSPS) is 27.4. The van der Waals surface area contributed by atoms with Gasteiger partial charge in [-0.25, -0.2) is 0 Å². The quantitative estimate of drug-likeness (QED) is 0.732. The lowest BCUT2D eigenvalue weighted by molar-refractivity contribution is 0.304. The summed E-state index contributed by atoms with van der Waals surface area (Å²) < 4.78 is 5.57. The molecule has 2 heteroatoms. The molecule has 1 atom stereocenters. The maximum Gasteiger partial charge on any atom is 0.109 e. The highest BCUT2D eigenvalue weighted by Gasteiger charge is 2.29. The van der Waals surface area contributed by atoms with Crippen LogP contribution in [0.5, 0.6) is 0 Å². The third-order valence-electron chi connectivity index (χ3n) is 4.20. The van der Waals surface area contributed by atoms with Crippen LogP contribution in [-0.4, -0.2) is 6.54 Å². The molecular weight excluding hydrogens is 198 g/mol. The van der Waals surface area contributed by atoms with Gasteiger partial charge in [-0.3, -0.25) is 0 Å². The van der Waals surface area contributed by atoms with Crippen LogP contribution in [0.3, 0.4) is 0 Å². The van der Waals surface area contributed by atoms with Gasteiger partial charge < -0.3 is 9.73 Å². The van der Waals surface area contributed by atoms with Crippen molar-refractivity contribution in [3.05, 3.63) is 23.7 Å². The Morgan fingerprint density at radius 2 is 1.94 bits per heavy atom. The van der Waals surface area contributed by atoms with E-state index >= 15 is 0 Å². The summed E-state index contributed by atoms with van der Waals surface area (Å²) in [5, 5.41) is 3.70. The van der Waals surface area contributed by atoms with Gasteiger partial charge in [-0.1, -0.05) is 25.7 Å². The minimum atomic E-state index is 0.570. The van der Waals surface area contributed by atoms with Crippen LogP contribution in [0.25, 0.3) is 0 Å². The van der Waals surface area contributed by atoms with Crippen LogP contribution in [0.1, 0.15) is 55.9 Å². The van der Waals surface area contributed by atoms with Crippen molar-refractivity contribution >= 4 is 0 Å². The summed E-state index contributed by atoms with van der Waals surface area (Å²) in [6.45, 7) is 1.08. The summed E-state index contributed by atoms with van der Waals surface area (Å²) >= 11 is 0. The average Bonchev–Trinajstić information content (AvgIpc) is 2.63. The van der Waals surface area contributed by atoms with Crippen molar-refractivity contribution in [3.8, 4) is 0 Å². The Morgan fingerprint density at radius 1 is 1.12 bits per heavy atom. The number of hydrogen-bond donors (Lipinski definition) is 1. The molecule has 0 radical (unpaired) electrons. The molecule has 0 amide bonds. The Hall–Kier alpha value is -0.760. The second-order valence-corrected chi connectivity index (χ2v) is 5.23. The van der Waals surface area contributed by atoms with Gasteiger partial charge in [0.25, 0.3) is 0 Å². The molecule has 1 aromatic rings. The first-order chi connectivity index (χ1) is 7.95. The van der Waals surface area contributed by atoms with Gasteiger partial charge in [0.05, 0.1) is 6.26 Å². The number of nitrogens with one attached hydrogen (secondary N) is 1. The minimum Gasteiger partial charge on any atom is -0.469 e. The Labute approximate surface area is 97.4 Å². The molecule has 1 saturated carbocycles. The van der Waals surface area contributed by atoms with Crippen molar-refractivity contribution in [3.63, 3.8) is 0 Å². The molecule has 1 unspecified atom stereocenters. The summed E-state index contributed by atoms with van der Waals surface area (Å²) in [6.07, 6.45) is 11.4. The smallest absolute Gasteiger partial charge is 0.109 e. The molecule has 16 heavy (non-hydrogen) atoms. The van der Waals surface area contributed by atoms with Crippen molar-refractivity contribution in [1.82, 2.24) is 5.32 Å². The Bertz CT molecular complexity index is 336. The van der Waals surface area contributed by atoms with Crippen LogP contribution < -0.4 is 5.32 Å². The van der Waals surface area contributed by atoms with Crippen LogP contribution in [-0.2, 0) is 6.42 Å². The fraction of sp³-hybridized carbons (Fsp3) is 0.714. The van der Waals surface area contributed by atoms with Crippen molar-refractivity contribution in [2.75, 3.05) is 6.54 Å². The molecule has 0 spiro atoms. The summed E-state index contributed by atoms with van der Waals surface area (Å²) in [7, 11) is 0. The van der Waals surface area contributed by atoms with Crippen LogP contribution in [0, 0.1) is 5.92 Å². The van der Waals surface area contributed by atoms with Crippen molar-refractivity contribution in [1.29, 1.82) is 0 Å². The molecule has 1 aliphatic carbocycles. The molecule has 3 rings (SSSR count). The van der Waals surface area contributed by atoms with E-state index in [2.05, 4.69) is 11.4 Å². The molecule has 1 aliphatic heterocycles. The topological polar surface area (TPSA) is 25.2 Å². The van der Waals surface area contributed by atoms with Crippen LogP contribution in [0.4, 0.5) is 0 Å². The van der Waals surface area contributed by atoms with Crippen molar-refractivity contribution in [2.24, 2.45) is 5.92 Å². The van der Waals surface area contributed by atoms with Gasteiger partial charge in [-0.2, -0.15) is 0 Å². The largest absolute Gasteiger partial charge is 0.469 e. The predicted molar refractivity (Wildman–Crippen MR) is 64.3 cm³/mol. The van der Waals surface area contributed by atoms with Crippen LogP contribution >= 0.6 is 0 Å². The van der Waals surface area contributed by atoms with E-state index in [1.807, 2.05) is 6.26 Å². The summed E-state index contributed by atoms with van der Waals surface area (Å²) in [6, 6.07) is 2.75. The lowest BCUT2D eigenvalue weighted by Crippen LogP contribution is -2.34. The zero-order valence-electron chi connectivity index (χ0n) is 9.87. The van der Waals surface area contributed by atoms with Gasteiger partial charge in [-0.15, -0.1) is 0 Å². The first-order valence-electron chi connectivity index (χ1n) is 6.75. The highest BCUT2D eigenvalue weighted by molar-refractivity contribution is 5.25. The van der Waals surface area contributed by atoms with E-state index in [-0.39, 0.29) is 0 Å². The monoisotopic (exact) mass is 219 g/mol. The van der Waals surface area contributed by atoms with E-state index < -0.39 is 0 Å². The summed E-state index contributed by atoms with van der Waals surface area (Å²) in [5.41, 5.74) is 1.44. The summed E-state index contributed by atoms with van der Waals surface area (Å²) in [5.74, 6) is 2.06. The molecular formula is C14H21NO. The van der Waals surface area contributed by atoms with Gasteiger partial charge in [0, 0.05) is 24.6 Å². The molecule has 1 aromatic heterocycles. The van der Waals surface area contributed by atoms with Crippen LogP contribution in [0.2, 0.25) is 0 Å². The molecule has 1 N–H and O–H groups in total. The average molecular weight is 219 g/mol. The van der Waals surface area contributed by atoms with Gasteiger partial charge in [0.1, 0.15) is 5.76 Å². The number of hydrogen-bond acceptors (Lipinski definition) is 2. The SMILES string of the molecule is c1cc2c(o1)CCNC2C1CCCCCC1. The predicted octanol–water partition coefficient (Wildman–Crippen LogP) is 3.44. The standard InChI is InChI=1S/C14H21NO/c1-2-4-6-11(5-3-1)14-12-8-10-16-13(12)7-9-15-14/h8,10-11,14-15H,1-7,9H2. The Morgan fingerprint density at radius 3 is 2.75 bits per heavy atom. The van der Waals surface area contributed by atoms with Crippen molar-refractivity contribution in [2.45, 2.75) is 51.0 Å². The van der Waals surface area contributed by atoms with Gasteiger partial charge >= 0.3 is 0 Å². The Kier molecular flexibility index (Phi) is 3.00. The van der Waals surface area contributed by atoms with Gasteiger partial charge in [0.2, 0.25) is 0 Å². The zero-order chi connectivity index (χ0) is 10.8. The number of rotatable bonds is 1. The minimum absolute atomic E-state index is 0.570. The van der Waals surface area contributed by atoms with E-state index in [9.17, 15) is 0 Å². The summed E-state index contributed by atoms with van der Waals surface area (Å²) in [4.78, 5) is 0. The van der Waals surface area contributed by atoms with E-state index in [1.165, 1.54) is 49.8 Å². The second kappa shape index (κ2) is 4.62. The molecule has 0 saturated heterocycles. The number of furan rings is 1. The second-order valence-electron chi connectivity index (χ2n) is 5.23. The molecule has 0 aromatic carbocycles. The van der Waals surface area contributed by atoms with E-state index in [0.717, 1.165) is 18.9 Å². The van der Waals surface area contributed by atoms with Gasteiger partial charge in [0.15, 0.2) is 0 Å². The third-order valence-corrected chi connectivity index (χ3v) is 4.20. The van der Waals surface area contributed by atoms with E-state index in [4.69, 9.17) is 4.42 Å². The fourth-order valence-electron chi connectivity index (χ4n) is 3.35. The molecule has 0 bridgehead atoms. The maximum atomic E-state index is 5.57. The molecule has 2 aliphatic rings. The molecule has 88 valence electrons. The molecule has 2 heterocycles. The Balaban J connectivity index is 1.80. The third kappa shape index (κ3) is 1.91. The molecule has 2 nitrogen and oxygen atoms in total. The highest BCUT2D eigenvalue weighted by atomic mass is 16.3. The maximum absolute atomic E-state index is 5.57. The van der Waals surface area contributed by atoms with E-state index in [0.29, 0.717) is 6.04 Å². The first kappa shape index (κ1) is 10.4. The van der Waals surface area contributed by atoms with Crippen LogP contribution in [0.15, 0.2) is 16.7 Å². The first-order valence-corrected chi connectivity index (χ1v) is 6.75. The molecule has 1 fully saturated rings. The fourth-order valence-corrected chi connectivity index (χ4v) is 3.35. The number of fused-ring (bicyclic) bond motifs is 1. The highest BCUT2D eigenvalue weighted by Crippen LogP contribution is 2.36. The zero-order valence-corrected chi connectivity index (χ0v) is 9.87.